The molecular weight excluding hydrogens is 188 g/mol. The molecule has 0 unspecified atom stereocenters. The van der Waals surface area contributed by atoms with Crippen molar-refractivity contribution in [1.82, 2.24) is 9.97 Å². The predicted molar refractivity (Wildman–Crippen MR) is 62.7 cm³/mol. The molecule has 4 heteroatoms. The second-order valence-electron chi connectivity index (χ2n) is 3.70. The standard InChI is InChI=1S/C11H20N4/c1-3-4-5-6-15(2)11-9-13-10(7-12)8-14-11/h8-9H,3-7,12H2,1-2H3. The number of aromatic nitrogens is 2. The highest BCUT2D eigenvalue weighted by Gasteiger charge is 2.02. The average Bonchev–Trinajstić information content (AvgIpc) is 2.29. The summed E-state index contributed by atoms with van der Waals surface area (Å²) in [6, 6.07) is 0. The van der Waals surface area contributed by atoms with Crippen LogP contribution in [0.15, 0.2) is 12.4 Å². The van der Waals surface area contributed by atoms with Crippen LogP contribution < -0.4 is 10.6 Å². The van der Waals surface area contributed by atoms with Gasteiger partial charge in [0.05, 0.1) is 18.1 Å². The van der Waals surface area contributed by atoms with Gasteiger partial charge < -0.3 is 10.6 Å². The van der Waals surface area contributed by atoms with E-state index in [1.165, 1.54) is 19.3 Å². The lowest BCUT2D eigenvalue weighted by Gasteiger charge is -2.17. The molecule has 1 aromatic heterocycles. The molecule has 84 valence electrons. The lowest BCUT2D eigenvalue weighted by atomic mass is 10.2. The fourth-order valence-corrected chi connectivity index (χ4v) is 1.36. The van der Waals surface area contributed by atoms with Crippen molar-refractivity contribution >= 4 is 5.82 Å². The topological polar surface area (TPSA) is 55.0 Å². The molecule has 0 aliphatic carbocycles. The molecule has 15 heavy (non-hydrogen) atoms. The fourth-order valence-electron chi connectivity index (χ4n) is 1.36. The van der Waals surface area contributed by atoms with Crippen molar-refractivity contribution in [2.24, 2.45) is 5.73 Å². The van der Waals surface area contributed by atoms with Crippen molar-refractivity contribution in [3.8, 4) is 0 Å². The lowest BCUT2D eigenvalue weighted by Crippen LogP contribution is -2.20. The molecule has 1 rings (SSSR count). The summed E-state index contributed by atoms with van der Waals surface area (Å²) < 4.78 is 0. The van der Waals surface area contributed by atoms with Gasteiger partial charge in [0.2, 0.25) is 0 Å². The number of unbranched alkanes of at least 4 members (excludes halogenated alkanes) is 2. The van der Waals surface area contributed by atoms with Crippen LogP contribution in [0, 0.1) is 0 Å². The minimum atomic E-state index is 0.451. The molecule has 2 N–H and O–H groups in total. The quantitative estimate of drug-likeness (QED) is 0.721. The zero-order valence-corrected chi connectivity index (χ0v) is 9.61. The van der Waals surface area contributed by atoms with Crippen molar-refractivity contribution < 1.29 is 0 Å². The molecule has 0 aromatic carbocycles. The molecule has 0 aliphatic heterocycles. The highest BCUT2D eigenvalue weighted by molar-refractivity contribution is 5.34. The van der Waals surface area contributed by atoms with Gasteiger partial charge in [-0.25, -0.2) is 4.98 Å². The van der Waals surface area contributed by atoms with E-state index in [0.717, 1.165) is 18.1 Å². The normalized spacial score (nSPS) is 10.3. The summed E-state index contributed by atoms with van der Waals surface area (Å²) in [6.07, 6.45) is 7.23. The summed E-state index contributed by atoms with van der Waals surface area (Å²) in [5.41, 5.74) is 6.29. The summed E-state index contributed by atoms with van der Waals surface area (Å²) in [7, 11) is 2.04. The first-order valence-corrected chi connectivity index (χ1v) is 5.50. The van der Waals surface area contributed by atoms with Gasteiger partial charge in [-0.1, -0.05) is 19.8 Å². The lowest BCUT2D eigenvalue weighted by molar-refractivity contribution is 0.700. The zero-order chi connectivity index (χ0) is 11.1. The van der Waals surface area contributed by atoms with E-state index in [0.29, 0.717) is 6.54 Å². The molecule has 0 radical (unpaired) electrons. The van der Waals surface area contributed by atoms with Crippen molar-refractivity contribution in [2.45, 2.75) is 32.7 Å². The molecule has 0 aliphatic rings. The van der Waals surface area contributed by atoms with E-state index in [4.69, 9.17) is 5.73 Å². The summed E-state index contributed by atoms with van der Waals surface area (Å²) in [5, 5.41) is 0. The molecule has 0 saturated heterocycles. The molecule has 1 heterocycles. The fraction of sp³-hybridized carbons (Fsp3) is 0.636. The maximum Gasteiger partial charge on any atom is 0.146 e. The summed E-state index contributed by atoms with van der Waals surface area (Å²) >= 11 is 0. The van der Waals surface area contributed by atoms with Gasteiger partial charge in [0, 0.05) is 20.1 Å². The van der Waals surface area contributed by atoms with Crippen LogP contribution in [0.5, 0.6) is 0 Å². The van der Waals surface area contributed by atoms with Crippen LogP contribution in [0.1, 0.15) is 31.9 Å². The largest absolute Gasteiger partial charge is 0.358 e. The Bertz CT molecular complexity index is 270. The van der Waals surface area contributed by atoms with Crippen LogP contribution in [-0.2, 0) is 6.54 Å². The van der Waals surface area contributed by atoms with Gasteiger partial charge in [0.25, 0.3) is 0 Å². The van der Waals surface area contributed by atoms with Crippen molar-refractivity contribution in [1.29, 1.82) is 0 Å². The number of nitrogens with two attached hydrogens (primary N) is 1. The number of hydrogen-bond donors (Lipinski definition) is 1. The molecule has 0 spiro atoms. The van der Waals surface area contributed by atoms with Gasteiger partial charge in [-0.05, 0) is 6.42 Å². The minimum absolute atomic E-state index is 0.451. The third kappa shape index (κ3) is 3.83. The first kappa shape index (κ1) is 11.9. The van der Waals surface area contributed by atoms with Gasteiger partial charge in [-0.15, -0.1) is 0 Å². The van der Waals surface area contributed by atoms with Crippen LogP contribution in [0.3, 0.4) is 0 Å². The first-order chi connectivity index (χ1) is 7.27. The molecule has 0 bridgehead atoms. The van der Waals surface area contributed by atoms with Crippen molar-refractivity contribution in [2.75, 3.05) is 18.5 Å². The number of nitrogens with zero attached hydrogens (tertiary/aromatic N) is 3. The highest BCUT2D eigenvalue weighted by Crippen LogP contribution is 2.08. The average molecular weight is 208 g/mol. The Morgan fingerprint density at radius 2 is 2.07 bits per heavy atom. The molecule has 0 fully saturated rings. The molecule has 0 amide bonds. The van der Waals surface area contributed by atoms with E-state index in [-0.39, 0.29) is 0 Å². The van der Waals surface area contributed by atoms with Gasteiger partial charge in [-0.3, -0.25) is 4.98 Å². The Morgan fingerprint density at radius 3 is 2.60 bits per heavy atom. The SMILES string of the molecule is CCCCCN(C)c1cnc(CN)cn1. The van der Waals surface area contributed by atoms with E-state index in [1.54, 1.807) is 12.4 Å². The third-order valence-corrected chi connectivity index (χ3v) is 2.39. The number of anilines is 1. The Hall–Kier alpha value is -1.16. The highest BCUT2D eigenvalue weighted by atomic mass is 15.2. The van der Waals surface area contributed by atoms with Crippen LogP contribution in [0.2, 0.25) is 0 Å². The van der Waals surface area contributed by atoms with Gasteiger partial charge in [-0.2, -0.15) is 0 Å². The predicted octanol–water partition coefficient (Wildman–Crippen LogP) is 1.56. The van der Waals surface area contributed by atoms with Crippen molar-refractivity contribution in [3.05, 3.63) is 18.1 Å². The maximum absolute atomic E-state index is 5.46. The van der Waals surface area contributed by atoms with Gasteiger partial charge in [0.15, 0.2) is 0 Å². The second kappa shape index (κ2) is 6.35. The van der Waals surface area contributed by atoms with Crippen LogP contribution in [0.25, 0.3) is 0 Å². The Balaban J connectivity index is 2.46. The molecule has 0 atom stereocenters. The van der Waals surface area contributed by atoms with E-state index in [2.05, 4.69) is 21.8 Å². The van der Waals surface area contributed by atoms with E-state index in [9.17, 15) is 0 Å². The number of hydrogen-bond acceptors (Lipinski definition) is 4. The molecule has 1 aromatic rings. The third-order valence-electron chi connectivity index (χ3n) is 2.39. The Morgan fingerprint density at radius 1 is 1.27 bits per heavy atom. The maximum atomic E-state index is 5.46. The Labute approximate surface area is 91.5 Å². The second-order valence-corrected chi connectivity index (χ2v) is 3.70. The number of rotatable bonds is 6. The van der Waals surface area contributed by atoms with Crippen molar-refractivity contribution in [3.63, 3.8) is 0 Å². The minimum Gasteiger partial charge on any atom is -0.358 e. The monoisotopic (exact) mass is 208 g/mol. The molecule has 4 nitrogen and oxygen atoms in total. The first-order valence-electron chi connectivity index (χ1n) is 5.50. The van der Waals surface area contributed by atoms with Crippen LogP contribution in [0.4, 0.5) is 5.82 Å². The molecule has 0 saturated carbocycles. The van der Waals surface area contributed by atoms with Crippen LogP contribution in [-0.4, -0.2) is 23.6 Å². The summed E-state index contributed by atoms with van der Waals surface area (Å²) in [6.45, 7) is 3.69. The molecular formula is C11H20N4. The summed E-state index contributed by atoms with van der Waals surface area (Å²) in [4.78, 5) is 10.7. The van der Waals surface area contributed by atoms with Crippen LogP contribution >= 0.6 is 0 Å². The zero-order valence-electron chi connectivity index (χ0n) is 9.61. The van der Waals surface area contributed by atoms with E-state index < -0.39 is 0 Å². The van der Waals surface area contributed by atoms with Gasteiger partial charge in [0.1, 0.15) is 5.82 Å². The smallest absolute Gasteiger partial charge is 0.146 e. The van der Waals surface area contributed by atoms with E-state index >= 15 is 0 Å². The van der Waals surface area contributed by atoms with E-state index in [1.807, 2.05) is 7.05 Å². The summed E-state index contributed by atoms with van der Waals surface area (Å²) in [5.74, 6) is 0.920. The Kier molecular flexibility index (Phi) is 5.04. The van der Waals surface area contributed by atoms with Gasteiger partial charge >= 0.3 is 0 Å².